The normalized spacial score (nSPS) is 10.6. The lowest BCUT2D eigenvalue weighted by atomic mass is 10.2. The Labute approximate surface area is 138 Å². The Bertz CT molecular complexity index is 928. The molecule has 0 aliphatic heterocycles. The van der Waals surface area contributed by atoms with Gasteiger partial charge in [-0.1, -0.05) is 6.07 Å². The fourth-order valence-corrected chi connectivity index (χ4v) is 2.35. The van der Waals surface area contributed by atoms with E-state index in [9.17, 15) is 9.59 Å². The second-order valence-corrected chi connectivity index (χ2v) is 5.38. The number of amides is 1. The summed E-state index contributed by atoms with van der Waals surface area (Å²) in [6, 6.07) is 10.7. The summed E-state index contributed by atoms with van der Waals surface area (Å²) in [7, 11) is 3.41. The first kappa shape index (κ1) is 15.7. The molecular weight excluding hydrogens is 306 g/mol. The Kier molecular flexibility index (Phi) is 4.24. The Hall–Kier alpha value is -3.22. The monoisotopic (exact) mass is 323 g/mol. The van der Waals surface area contributed by atoms with Crippen molar-refractivity contribution in [2.75, 3.05) is 0 Å². The average Bonchev–Trinajstić information content (AvgIpc) is 2.97. The van der Waals surface area contributed by atoms with E-state index in [1.165, 1.54) is 10.6 Å². The van der Waals surface area contributed by atoms with Crippen LogP contribution in [0.1, 0.15) is 16.1 Å². The van der Waals surface area contributed by atoms with Crippen molar-refractivity contribution in [3.63, 3.8) is 0 Å². The van der Waals surface area contributed by atoms with Crippen LogP contribution in [-0.4, -0.2) is 25.2 Å². The van der Waals surface area contributed by atoms with E-state index in [1.807, 2.05) is 24.3 Å². The maximum absolute atomic E-state index is 12.2. The maximum atomic E-state index is 12.2. The van der Waals surface area contributed by atoms with Crippen LogP contribution in [0.25, 0.3) is 11.4 Å². The lowest BCUT2D eigenvalue weighted by Gasteiger charge is -2.06. The number of nitrogens with one attached hydrogen (secondary N) is 1. The molecule has 3 aromatic heterocycles. The molecule has 0 radical (unpaired) electrons. The van der Waals surface area contributed by atoms with Gasteiger partial charge in [-0.15, -0.1) is 0 Å². The third kappa shape index (κ3) is 3.10. The molecule has 1 N–H and O–H groups in total. The second kappa shape index (κ2) is 6.49. The lowest BCUT2D eigenvalue weighted by Crippen LogP contribution is -2.31. The van der Waals surface area contributed by atoms with E-state index >= 15 is 0 Å². The van der Waals surface area contributed by atoms with Gasteiger partial charge in [-0.2, -0.15) is 5.10 Å². The molecule has 0 aliphatic rings. The van der Waals surface area contributed by atoms with Gasteiger partial charge in [0, 0.05) is 26.5 Å². The van der Waals surface area contributed by atoms with Crippen molar-refractivity contribution in [3.8, 4) is 11.4 Å². The predicted octanol–water partition coefficient (Wildman–Crippen LogP) is 1.11. The molecule has 0 atom stereocenters. The molecule has 0 aliphatic carbocycles. The first-order chi connectivity index (χ1) is 11.6. The van der Waals surface area contributed by atoms with Gasteiger partial charge in [0.15, 0.2) is 0 Å². The number of aromatic nitrogens is 4. The van der Waals surface area contributed by atoms with Crippen LogP contribution in [0.4, 0.5) is 0 Å². The molecule has 0 saturated carbocycles. The van der Waals surface area contributed by atoms with Gasteiger partial charge in [-0.25, -0.2) is 0 Å². The van der Waals surface area contributed by atoms with E-state index in [4.69, 9.17) is 0 Å². The molecule has 0 spiro atoms. The van der Waals surface area contributed by atoms with Crippen LogP contribution in [-0.2, 0) is 20.6 Å². The van der Waals surface area contributed by atoms with Gasteiger partial charge in [0.1, 0.15) is 11.3 Å². The second-order valence-electron chi connectivity index (χ2n) is 5.38. The summed E-state index contributed by atoms with van der Waals surface area (Å²) in [4.78, 5) is 28.4. The van der Waals surface area contributed by atoms with Crippen molar-refractivity contribution in [2.45, 2.75) is 6.54 Å². The van der Waals surface area contributed by atoms with Crippen molar-refractivity contribution in [1.82, 2.24) is 24.6 Å². The van der Waals surface area contributed by atoms with Gasteiger partial charge in [-0.3, -0.25) is 19.3 Å². The molecular formula is C17H17N5O2. The molecule has 7 heteroatoms. The maximum Gasteiger partial charge on any atom is 0.263 e. The summed E-state index contributed by atoms with van der Waals surface area (Å²) in [5, 5.41) is 7.16. The summed E-state index contributed by atoms with van der Waals surface area (Å²) >= 11 is 0. The van der Waals surface area contributed by atoms with Gasteiger partial charge in [-0.05, 0) is 30.3 Å². The molecule has 24 heavy (non-hydrogen) atoms. The summed E-state index contributed by atoms with van der Waals surface area (Å²) in [6.45, 7) is 0.271. The lowest BCUT2D eigenvalue weighted by molar-refractivity contribution is 0.0948. The van der Waals surface area contributed by atoms with Crippen LogP contribution in [0.2, 0.25) is 0 Å². The Morgan fingerprint density at radius 3 is 2.75 bits per heavy atom. The van der Waals surface area contributed by atoms with E-state index < -0.39 is 5.91 Å². The number of aryl methyl sites for hydroxylation is 2. The summed E-state index contributed by atoms with van der Waals surface area (Å²) in [5.74, 6) is -0.406. The number of nitrogens with zero attached hydrogens (tertiary/aromatic N) is 4. The zero-order valence-electron chi connectivity index (χ0n) is 13.4. The standard InChI is InChI=1S/C17H17N5O2/c1-21-9-5-6-13(17(21)24)16(23)19-11-12-10-15(20-22(12)2)14-7-3-4-8-18-14/h3-10H,11H2,1-2H3,(H,19,23). The fraction of sp³-hybridized carbons (Fsp3) is 0.176. The summed E-state index contributed by atoms with van der Waals surface area (Å²) < 4.78 is 3.06. The van der Waals surface area contributed by atoms with E-state index in [-0.39, 0.29) is 17.7 Å². The molecule has 7 nitrogen and oxygen atoms in total. The Morgan fingerprint density at radius 2 is 2.00 bits per heavy atom. The van der Waals surface area contributed by atoms with Gasteiger partial charge < -0.3 is 9.88 Å². The smallest absolute Gasteiger partial charge is 0.263 e. The number of rotatable bonds is 4. The van der Waals surface area contributed by atoms with E-state index in [0.717, 1.165) is 17.1 Å². The molecule has 0 fully saturated rings. The van der Waals surface area contributed by atoms with Crippen molar-refractivity contribution in [1.29, 1.82) is 0 Å². The molecule has 0 aromatic carbocycles. The van der Waals surface area contributed by atoms with Crippen LogP contribution >= 0.6 is 0 Å². The average molecular weight is 323 g/mol. The molecule has 122 valence electrons. The van der Waals surface area contributed by atoms with Crippen LogP contribution in [0, 0.1) is 0 Å². The molecule has 0 saturated heterocycles. The number of pyridine rings is 2. The SMILES string of the molecule is Cn1nc(-c2ccccn2)cc1CNC(=O)c1cccn(C)c1=O. The Morgan fingerprint density at radius 1 is 1.17 bits per heavy atom. The summed E-state index contributed by atoms with van der Waals surface area (Å²) in [6.07, 6.45) is 3.32. The number of carbonyl (C=O) groups excluding carboxylic acids is 1. The number of carbonyl (C=O) groups is 1. The van der Waals surface area contributed by atoms with Gasteiger partial charge >= 0.3 is 0 Å². The van der Waals surface area contributed by atoms with Crippen LogP contribution in [0.5, 0.6) is 0 Å². The first-order valence-electron chi connectivity index (χ1n) is 7.44. The third-order valence-corrected chi connectivity index (χ3v) is 3.70. The van der Waals surface area contributed by atoms with Crippen LogP contribution in [0.15, 0.2) is 53.6 Å². The van der Waals surface area contributed by atoms with E-state index in [0.29, 0.717) is 0 Å². The van der Waals surface area contributed by atoms with Crippen molar-refractivity contribution in [3.05, 3.63) is 70.4 Å². The Balaban J connectivity index is 1.75. The quantitative estimate of drug-likeness (QED) is 0.780. The molecule has 3 rings (SSSR count). The van der Waals surface area contributed by atoms with Crippen molar-refractivity contribution < 1.29 is 4.79 Å². The zero-order valence-corrected chi connectivity index (χ0v) is 13.4. The molecule has 3 aromatic rings. The van der Waals surface area contributed by atoms with Crippen molar-refractivity contribution in [2.24, 2.45) is 14.1 Å². The number of hydrogen-bond acceptors (Lipinski definition) is 4. The highest BCUT2D eigenvalue weighted by molar-refractivity contribution is 5.93. The fourth-order valence-electron chi connectivity index (χ4n) is 2.35. The van der Waals surface area contributed by atoms with Gasteiger partial charge in [0.2, 0.25) is 0 Å². The molecule has 0 bridgehead atoms. The van der Waals surface area contributed by atoms with Crippen LogP contribution < -0.4 is 10.9 Å². The van der Waals surface area contributed by atoms with E-state index in [1.54, 1.807) is 37.2 Å². The summed E-state index contributed by atoms with van der Waals surface area (Å²) in [5.41, 5.74) is 2.11. The molecule has 3 heterocycles. The molecule has 1 amide bonds. The zero-order chi connectivity index (χ0) is 17.1. The third-order valence-electron chi connectivity index (χ3n) is 3.70. The minimum Gasteiger partial charge on any atom is -0.346 e. The molecule has 0 unspecified atom stereocenters. The predicted molar refractivity (Wildman–Crippen MR) is 89.3 cm³/mol. The van der Waals surface area contributed by atoms with Gasteiger partial charge in [0.05, 0.1) is 17.9 Å². The highest BCUT2D eigenvalue weighted by atomic mass is 16.2. The highest BCUT2D eigenvalue weighted by Crippen LogP contribution is 2.15. The van der Waals surface area contributed by atoms with Gasteiger partial charge in [0.25, 0.3) is 11.5 Å². The van der Waals surface area contributed by atoms with Crippen LogP contribution in [0.3, 0.4) is 0 Å². The topological polar surface area (TPSA) is 81.8 Å². The number of hydrogen-bond donors (Lipinski definition) is 1. The van der Waals surface area contributed by atoms with E-state index in [2.05, 4.69) is 15.4 Å². The highest BCUT2D eigenvalue weighted by Gasteiger charge is 2.13. The first-order valence-corrected chi connectivity index (χ1v) is 7.44. The largest absolute Gasteiger partial charge is 0.346 e. The van der Waals surface area contributed by atoms with Crippen molar-refractivity contribution >= 4 is 5.91 Å². The minimum atomic E-state index is -0.406. The minimum absolute atomic E-state index is 0.118.